The van der Waals surface area contributed by atoms with Crippen LogP contribution in [0.4, 0.5) is 11.4 Å². The predicted octanol–water partition coefficient (Wildman–Crippen LogP) is 5.24. The summed E-state index contributed by atoms with van der Waals surface area (Å²) in [5.41, 5.74) is 1.64. The minimum atomic E-state index is -3.58. The van der Waals surface area contributed by atoms with Gasteiger partial charge in [-0.15, -0.1) is 0 Å². The van der Waals surface area contributed by atoms with Crippen molar-refractivity contribution < 1.29 is 27.4 Å². The van der Waals surface area contributed by atoms with Crippen molar-refractivity contribution in [1.29, 1.82) is 0 Å². The highest BCUT2D eigenvalue weighted by atomic mass is 35.5. The molecule has 0 aromatic heterocycles. The topological polar surface area (TPSA) is 94.2 Å². The second-order valence-electron chi connectivity index (χ2n) is 7.46. The van der Waals surface area contributed by atoms with E-state index in [-0.39, 0.29) is 18.0 Å². The molecule has 0 spiro atoms. The number of rotatable bonds is 9. The van der Waals surface area contributed by atoms with Crippen molar-refractivity contribution in [2.24, 2.45) is 0 Å². The van der Waals surface area contributed by atoms with Crippen LogP contribution in [0.2, 0.25) is 10.0 Å². The lowest BCUT2D eigenvalue weighted by atomic mass is 10.1. The average Bonchev–Trinajstić information content (AvgIpc) is 2.83. The minimum Gasteiger partial charge on any atom is -0.493 e. The highest BCUT2D eigenvalue weighted by molar-refractivity contribution is 7.92. The van der Waals surface area contributed by atoms with E-state index in [9.17, 15) is 13.2 Å². The van der Waals surface area contributed by atoms with Gasteiger partial charge in [0, 0.05) is 40.0 Å². The number of amides is 1. The SMILES string of the molecule is COc1ccc(C(=O)Nc2ccc(N(C)S(C)(=O)=O)c(OCc3cc(Cl)ccc3Cl)c2)cc1OC. The second-order valence-corrected chi connectivity index (χ2v) is 10.3. The molecular formula is C24H24Cl2N2O6S. The molecule has 0 heterocycles. The first-order valence-electron chi connectivity index (χ1n) is 10.2. The van der Waals surface area contributed by atoms with E-state index in [1.165, 1.54) is 27.3 Å². The van der Waals surface area contributed by atoms with Crippen LogP contribution in [0.25, 0.3) is 0 Å². The van der Waals surface area contributed by atoms with E-state index in [4.69, 9.17) is 37.4 Å². The first kappa shape index (κ1) is 26.5. The zero-order valence-corrected chi connectivity index (χ0v) is 21.8. The molecule has 3 aromatic rings. The Morgan fingerprint density at radius 3 is 2.31 bits per heavy atom. The highest BCUT2D eigenvalue weighted by Gasteiger charge is 2.19. The summed E-state index contributed by atoms with van der Waals surface area (Å²) >= 11 is 12.3. The van der Waals surface area contributed by atoms with Crippen molar-refractivity contribution in [3.63, 3.8) is 0 Å². The molecule has 8 nitrogen and oxygen atoms in total. The van der Waals surface area contributed by atoms with Crippen LogP contribution in [-0.4, -0.2) is 41.8 Å². The van der Waals surface area contributed by atoms with Crippen LogP contribution in [0.5, 0.6) is 17.2 Å². The molecule has 186 valence electrons. The van der Waals surface area contributed by atoms with Crippen molar-refractivity contribution in [3.8, 4) is 17.2 Å². The molecule has 0 aliphatic rings. The molecule has 0 atom stereocenters. The van der Waals surface area contributed by atoms with E-state index in [1.54, 1.807) is 48.5 Å². The number of nitrogens with zero attached hydrogens (tertiary/aromatic N) is 1. The van der Waals surface area contributed by atoms with Crippen LogP contribution in [-0.2, 0) is 16.6 Å². The van der Waals surface area contributed by atoms with Gasteiger partial charge in [0.2, 0.25) is 10.0 Å². The number of halogens is 2. The molecule has 35 heavy (non-hydrogen) atoms. The Hall–Kier alpha value is -3.14. The van der Waals surface area contributed by atoms with Gasteiger partial charge in [-0.2, -0.15) is 0 Å². The lowest BCUT2D eigenvalue weighted by Gasteiger charge is -2.21. The van der Waals surface area contributed by atoms with Gasteiger partial charge >= 0.3 is 0 Å². The standard InChI is InChI=1S/C24H24Cl2N2O6S/c1-28(35(4,30)31)20-9-7-18(13-22(20)34-14-16-11-17(25)6-8-19(16)26)27-24(29)15-5-10-21(32-2)23(12-15)33-3/h5-13H,14H2,1-4H3,(H,27,29). The zero-order chi connectivity index (χ0) is 25.8. The van der Waals surface area contributed by atoms with Crippen LogP contribution in [0.15, 0.2) is 54.6 Å². The molecule has 3 aromatic carbocycles. The number of methoxy groups -OCH3 is 2. The van der Waals surface area contributed by atoms with Gasteiger partial charge in [-0.1, -0.05) is 23.2 Å². The smallest absolute Gasteiger partial charge is 0.255 e. The van der Waals surface area contributed by atoms with Crippen molar-refractivity contribution in [3.05, 3.63) is 75.8 Å². The van der Waals surface area contributed by atoms with Gasteiger partial charge in [0.25, 0.3) is 5.91 Å². The van der Waals surface area contributed by atoms with E-state index in [0.29, 0.717) is 38.4 Å². The molecule has 1 N–H and O–H groups in total. The normalized spacial score (nSPS) is 11.0. The largest absolute Gasteiger partial charge is 0.493 e. The summed E-state index contributed by atoms with van der Waals surface area (Å²) in [5, 5.41) is 3.71. The molecule has 0 radical (unpaired) electrons. The van der Waals surface area contributed by atoms with Crippen LogP contribution in [0.3, 0.4) is 0 Å². The van der Waals surface area contributed by atoms with Crippen molar-refractivity contribution in [1.82, 2.24) is 0 Å². The van der Waals surface area contributed by atoms with Gasteiger partial charge < -0.3 is 19.5 Å². The summed E-state index contributed by atoms with van der Waals surface area (Å²) in [7, 11) is 0.815. The quantitative estimate of drug-likeness (QED) is 0.400. The molecule has 0 bridgehead atoms. The number of carbonyl (C=O) groups is 1. The average molecular weight is 539 g/mol. The van der Waals surface area contributed by atoms with E-state index in [0.717, 1.165) is 10.6 Å². The van der Waals surface area contributed by atoms with Crippen molar-refractivity contribution in [2.45, 2.75) is 6.61 Å². The molecule has 0 unspecified atom stereocenters. The summed E-state index contributed by atoms with van der Waals surface area (Å²) < 4.78 is 41.8. The molecule has 0 fully saturated rings. The Labute approximate surface area is 214 Å². The van der Waals surface area contributed by atoms with E-state index >= 15 is 0 Å². The van der Waals surface area contributed by atoms with E-state index < -0.39 is 15.9 Å². The molecule has 11 heteroatoms. The van der Waals surface area contributed by atoms with Crippen LogP contribution in [0, 0.1) is 0 Å². The summed E-state index contributed by atoms with van der Waals surface area (Å²) in [6, 6.07) is 14.4. The minimum absolute atomic E-state index is 0.0249. The molecule has 0 saturated heterocycles. The number of benzene rings is 3. The van der Waals surface area contributed by atoms with Gasteiger partial charge in [-0.25, -0.2) is 8.42 Å². The van der Waals surface area contributed by atoms with Gasteiger partial charge in [-0.05, 0) is 48.5 Å². The zero-order valence-electron chi connectivity index (χ0n) is 19.5. The predicted molar refractivity (Wildman–Crippen MR) is 138 cm³/mol. The molecule has 0 aliphatic carbocycles. The lowest BCUT2D eigenvalue weighted by Crippen LogP contribution is -2.25. The Kier molecular flexibility index (Phi) is 8.37. The maximum atomic E-state index is 12.8. The lowest BCUT2D eigenvalue weighted by molar-refractivity contribution is 0.102. The van der Waals surface area contributed by atoms with Gasteiger partial charge in [0.15, 0.2) is 11.5 Å². The first-order chi connectivity index (χ1) is 16.5. The third-order valence-electron chi connectivity index (χ3n) is 5.09. The van der Waals surface area contributed by atoms with Gasteiger partial charge in [0.1, 0.15) is 12.4 Å². The monoisotopic (exact) mass is 538 g/mol. The fourth-order valence-electron chi connectivity index (χ4n) is 3.14. The third kappa shape index (κ3) is 6.50. The third-order valence-corrected chi connectivity index (χ3v) is 6.89. The number of ether oxygens (including phenoxy) is 3. The molecule has 0 aliphatic heterocycles. The fraction of sp³-hybridized carbons (Fsp3) is 0.208. The van der Waals surface area contributed by atoms with Gasteiger partial charge in [-0.3, -0.25) is 9.10 Å². The van der Waals surface area contributed by atoms with E-state index in [1.807, 2.05) is 0 Å². The Morgan fingerprint density at radius 2 is 1.66 bits per heavy atom. The maximum absolute atomic E-state index is 12.8. The van der Waals surface area contributed by atoms with Crippen molar-refractivity contribution >= 4 is 50.5 Å². The van der Waals surface area contributed by atoms with Gasteiger partial charge in [0.05, 0.1) is 26.2 Å². The molecule has 1 amide bonds. The summed E-state index contributed by atoms with van der Waals surface area (Å²) in [6.45, 7) is 0.0249. The maximum Gasteiger partial charge on any atom is 0.255 e. The van der Waals surface area contributed by atoms with Crippen LogP contribution < -0.4 is 23.8 Å². The molecule has 0 saturated carbocycles. The summed E-state index contributed by atoms with van der Waals surface area (Å²) in [5.74, 6) is 0.721. The Morgan fingerprint density at radius 1 is 0.943 bits per heavy atom. The van der Waals surface area contributed by atoms with E-state index in [2.05, 4.69) is 5.32 Å². The number of hydrogen-bond donors (Lipinski definition) is 1. The first-order valence-corrected chi connectivity index (χ1v) is 12.8. The fourth-order valence-corrected chi connectivity index (χ4v) is 4.01. The number of hydrogen-bond acceptors (Lipinski definition) is 6. The van der Waals surface area contributed by atoms with Crippen LogP contribution >= 0.6 is 23.2 Å². The number of nitrogens with one attached hydrogen (secondary N) is 1. The second kappa shape index (κ2) is 11.1. The number of sulfonamides is 1. The Balaban J connectivity index is 1.91. The Bertz CT molecular complexity index is 1350. The number of anilines is 2. The van der Waals surface area contributed by atoms with Crippen LogP contribution in [0.1, 0.15) is 15.9 Å². The number of carbonyl (C=O) groups excluding carboxylic acids is 1. The highest BCUT2D eigenvalue weighted by Crippen LogP contribution is 2.34. The van der Waals surface area contributed by atoms with Crippen molar-refractivity contribution in [2.75, 3.05) is 37.1 Å². The molecule has 3 rings (SSSR count). The molecular weight excluding hydrogens is 515 g/mol. The summed E-state index contributed by atoms with van der Waals surface area (Å²) in [4.78, 5) is 12.8. The summed E-state index contributed by atoms with van der Waals surface area (Å²) in [6.07, 6.45) is 1.08.